The zero-order valence-corrected chi connectivity index (χ0v) is 32.7. The van der Waals surface area contributed by atoms with Crippen LogP contribution < -0.4 is 22.8 Å². The molecule has 0 unspecified atom stereocenters. The second kappa shape index (κ2) is 15.4. The van der Waals surface area contributed by atoms with Crippen LogP contribution in [0, 0.1) is 13.8 Å². The molecule has 6 aromatic carbocycles. The number of aromatic hydroxyl groups is 1. The van der Waals surface area contributed by atoms with Gasteiger partial charge in [-0.25, -0.2) is 19.2 Å². The van der Waals surface area contributed by atoms with Crippen molar-refractivity contribution in [3.63, 3.8) is 0 Å². The number of aromatic nitrogens is 8. The van der Waals surface area contributed by atoms with E-state index >= 15 is 0 Å². The van der Waals surface area contributed by atoms with E-state index in [1.165, 1.54) is 14.9 Å². The minimum Gasteiger partial charge on any atom is -0.508 e. The van der Waals surface area contributed by atoms with Gasteiger partial charge in [-0.05, 0) is 116 Å². The molecular weight excluding hydrogens is 757 g/mol. The van der Waals surface area contributed by atoms with Crippen LogP contribution in [0.3, 0.4) is 0 Å². The quantitative estimate of drug-likeness (QED) is 0.169. The van der Waals surface area contributed by atoms with E-state index in [9.17, 15) is 24.3 Å². The molecule has 0 saturated heterocycles. The molecule has 4 aromatic heterocycles. The van der Waals surface area contributed by atoms with E-state index in [0.29, 0.717) is 39.1 Å². The zero-order valence-electron chi connectivity index (χ0n) is 32.7. The van der Waals surface area contributed by atoms with Gasteiger partial charge in [-0.3, -0.25) is 0 Å². The molecule has 60 heavy (non-hydrogen) atoms. The van der Waals surface area contributed by atoms with E-state index in [2.05, 4.69) is 32.3 Å². The molecular formula is C47H38N8O5. The molecule has 0 spiro atoms. The average molecular weight is 795 g/mol. The van der Waals surface area contributed by atoms with Gasteiger partial charge in [0.25, 0.3) is 0 Å². The Morgan fingerprint density at radius 3 is 1.48 bits per heavy atom. The Balaban J connectivity index is 0.000000154. The maximum Gasteiger partial charge on any atom is 0.359 e. The summed E-state index contributed by atoms with van der Waals surface area (Å²) in [6, 6.07) is 43.8. The monoisotopic (exact) mass is 794 g/mol. The number of fused-ring (bicyclic) bond motifs is 6. The summed E-state index contributed by atoms with van der Waals surface area (Å²) in [4.78, 5) is 56.5. The van der Waals surface area contributed by atoms with Gasteiger partial charge in [-0.1, -0.05) is 90.0 Å². The molecule has 0 fully saturated rings. The van der Waals surface area contributed by atoms with Gasteiger partial charge in [0.05, 0.1) is 22.4 Å². The van der Waals surface area contributed by atoms with Crippen molar-refractivity contribution >= 4 is 33.1 Å². The maximum atomic E-state index is 12.9. The third-order valence-electron chi connectivity index (χ3n) is 10.5. The lowest BCUT2D eigenvalue weighted by Gasteiger charge is -2.05. The summed E-state index contributed by atoms with van der Waals surface area (Å²) in [5.74, 6) is 0.247. The van der Waals surface area contributed by atoms with Crippen LogP contribution in [-0.2, 0) is 19.3 Å². The number of phenolic OH excluding ortho intramolecular Hbond substituents is 1. The molecule has 296 valence electrons. The van der Waals surface area contributed by atoms with Crippen molar-refractivity contribution in [1.29, 1.82) is 0 Å². The van der Waals surface area contributed by atoms with Gasteiger partial charge in [-0.2, -0.15) is 18.2 Å². The van der Waals surface area contributed by atoms with Crippen molar-refractivity contribution in [3.05, 3.63) is 215 Å². The first-order chi connectivity index (χ1) is 29.1. The van der Waals surface area contributed by atoms with Crippen LogP contribution in [0.5, 0.6) is 5.75 Å². The molecule has 0 bridgehead atoms. The van der Waals surface area contributed by atoms with Gasteiger partial charge in [0.2, 0.25) is 0 Å². The number of phenols is 1. The van der Waals surface area contributed by atoms with Gasteiger partial charge in [0.1, 0.15) is 5.75 Å². The Bertz CT molecular complexity index is 3470. The predicted molar refractivity (Wildman–Crippen MR) is 232 cm³/mol. The molecule has 0 aliphatic carbocycles. The molecule has 4 heterocycles. The van der Waals surface area contributed by atoms with E-state index in [-0.39, 0.29) is 5.75 Å². The second-order valence-electron chi connectivity index (χ2n) is 14.8. The van der Waals surface area contributed by atoms with Crippen LogP contribution in [0.25, 0.3) is 44.5 Å². The highest BCUT2D eigenvalue weighted by Gasteiger charge is 2.17. The lowest BCUT2D eigenvalue weighted by atomic mass is 10.0. The largest absolute Gasteiger partial charge is 0.508 e. The lowest BCUT2D eigenvalue weighted by Crippen LogP contribution is -2.29. The average Bonchev–Trinajstić information content (AvgIpc) is 3.79. The minimum atomic E-state index is -0.515. The summed E-state index contributed by atoms with van der Waals surface area (Å²) in [7, 11) is 0. The van der Waals surface area contributed by atoms with Crippen molar-refractivity contribution < 1.29 is 5.11 Å². The summed E-state index contributed by atoms with van der Waals surface area (Å²) < 4.78 is 4.69. The van der Waals surface area contributed by atoms with Crippen molar-refractivity contribution in [2.24, 2.45) is 0 Å². The Morgan fingerprint density at radius 1 is 0.500 bits per heavy atom. The van der Waals surface area contributed by atoms with Crippen LogP contribution in [0.2, 0.25) is 0 Å². The summed E-state index contributed by atoms with van der Waals surface area (Å²) >= 11 is 0. The molecule has 13 heteroatoms. The van der Waals surface area contributed by atoms with Crippen LogP contribution in [0.15, 0.2) is 159 Å². The Kier molecular flexibility index (Phi) is 9.60. The lowest BCUT2D eigenvalue weighted by molar-refractivity contribution is 0.474. The Labute approximate surface area is 340 Å². The number of aryl methyl sites for hydroxylation is 4. The summed E-state index contributed by atoms with van der Waals surface area (Å²) in [6.07, 6.45) is 2.25. The molecule has 0 aliphatic rings. The van der Waals surface area contributed by atoms with Crippen LogP contribution >= 0.6 is 0 Å². The number of hydrogen-bond donors (Lipinski definition) is 3. The molecule has 0 amide bonds. The topological polar surface area (TPSA) is 165 Å². The summed E-state index contributed by atoms with van der Waals surface area (Å²) in [5, 5.41) is 20.1. The van der Waals surface area contributed by atoms with Crippen LogP contribution in [-0.4, -0.2) is 43.4 Å². The third kappa shape index (κ3) is 7.19. The number of benzene rings is 6. The highest BCUT2D eigenvalue weighted by molar-refractivity contribution is 5.92. The summed E-state index contributed by atoms with van der Waals surface area (Å²) in [6.45, 7) is 3.94. The molecule has 3 N–H and O–H groups in total. The van der Waals surface area contributed by atoms with E-state index in [1.54, 1.807) is 24.3 Å². The second-order valence-corrected chi connectivity index (χ2v) is 14.8. The highest BCUT2D eigenvalue weighted by atomic mass is 16.3. The van der Waals surface area contributed by atoms with Crippen molar-refractivity contribution in [1.82, 2.24) is 38.3 Å². The minimum absolute atomic E-state index is 0.247. The number of hydrogen-bond acceptors (Lipinski definition) is 7. The SMILES string of the molecule is Cc1ccc(-n2nc3c4cc(CCc5cccc(O)c5)ccc4[nH]c(=O)n3c2=O)cc1.Cc1ccc(-n2nc3c4cc(Cc5ccccc5)ccc4[nH]c(=O)n3c2=O)cc1. The van der Waals surface area contributed by atoms with Crippen LogP contribution in [0.1, 0.15) is 33.4 Å². The summed E-state index contributed by atoms with van der Waals surface area (Å²) in [5.41, 5.74) is 7.67. The van der Waals surface area contributed by atoms with E-state index in [1.807, 2.05) is 117 Å². The number of rotatable bonds is 7. The van der Waals surface area contributed by atoms with Gasteiger partial charge in [-0.15, -0.1) is 10.2 Å². The molecule has 10 rings (SSSR count). The molecule has 0 atom stereocenters. The van der Waals surface area contributed by atoms with E-state index in [4.69, 9.17) is 0 Å². The molecule has 13 nitrogen and oxygen atoms in total. The maximum absolute atomic E-state index is 12.9. The first kappa shape index (κ1) is 37.5. The highest BCUT2D eigenvalue weighted by Crippen LogP contribution is 2.21. The molecule has 0 aliphatic heterocycles. The van der Waals surface area contributed by atoms with Gasteiger partial charge in [0.15, 0.2) is 11.3 Å². The smallest absolute Gasteiger partial charge is 0.359 e. The number of H-pyrrole nitrogens is 2. The van der Waals surface area contributed by atoms with Crippen molar-refractivity contribution in [2.45, 2.75) is 33.1 Å². The molecule has 0 saturated carbocycles. The van der Waals surface area contributed by atoms with Gasteiger partial charge in [0, 0.05) is 10.8 Å². The van der Waals surface area contributed by atoms with E-state index < -0.39 is 22.8 Å². The molecule has 0 radical (unpaired) electrons. The Hall–Kier alpha value is -8.06. The van der Waals surface area contributed by atoms with Gasteiger partial charge < -0.3 is 15.1 Å². The van der Waals surface area contributed by atoms with E-state index in [0.717, 1.165) is 61.3 Å². The molecule has 10 aromatic rings. The van der Waals surface area contributed by atoms with Crippen LogP contribution in [0.4, 0.5) is 0 Å². The standard InChI is InChI=1S/C24H20N4O3.C23H18N4O2/c1-15-5-10-18(11-6-15)28-24(31)27-22(26-28)20-14-17(9-12-21(20)25-23(27)30)8-7-16-3-2-4-19(29)13-16;1-15-7-10-18(11-8-15)27-23(29)26-21(25-27)19-14-17(9-12-20(19)24-22(26)28)13-16-5-3-2-4-6-16/h2-6,9-14,29H,7-8H2,1H3,(H,25,30);2-12,14H,13H2,1H3,(H,24,28). The number of nitrogens with one attached hydrogen (secondary N) is 2. The zero-order chi connectivity index (χ0) is 41.5. The van der Waals surface area contributed by atoms with Crippen molar-refractivity contribution in [2.75, 3.05) is 0 Å². The number of aromatic amines is 2. The fourth-order valence-electron chi connectivity index (χ4n) is 7.37. The number of nitrogens with zero attached hydrogens (tertiary/aromatic N) is 6. The first-order valence-electron chi connectivity index (χ1n) is 19.4. The fourth-order valence-corrected chi connectivity index (χ4v) is 7.37. The Morgan fingerprint density at radius 2 is 0.967 bits per heavy atom. The fraction of sp³-hybridized carbons (Fsp3) is 0.106. The predicted octanol–water partition coefficient (Wildman–Crippen LogP) is 6.35. The first-order valence-corrected chi connectivity index (χ1v) is 19.4. The normalized spacial score (nSPS) is 11.4. The third-order valence-corrected chi connectivity index (χ3v) is 10.5. The van der Waals surface area contributed by atoms with Gasteiger partial charge >= 0.3 is 22.8 Å². The van der Waals surface area contributed by atoms with Crippen molar-refractivity contribution in [3.8, 4) is 17.1 Å².